The van der Waals surface area contributed by atoms with Gasteiger partial charge < -0.3 is 9.64 Å². The lowest BCUT2D eigenvalue weighted by molar-refractivity contribution is 0.0639. The Balaban J connectivity index is 2.17. The third-order valence-electron chi connectivity index (χ3n) is 2.69. The molecule has 0 atom stereocenters. The van der Waals surface area contributed by atoms with Crippen LogP contribution in [0, 0.1) is 0 Å². The monoisotopic (exact) mass is 203 g/mol. The highest BCUT2D eigenvalue weighted by Gasteiger charge is 2.13. The topological polar surface area (TPSA) is 12.5 Å². The minimum absolute atomic E-state index is 0.837. The van der Waals surface area contributed by atoms with Gasteiger partial charge in [-0.2, -0.15) is 0 Å². The minimum atomic E-state index is 0.837. The van der Waals surface area contributed by atoms with Crippen LogP contribution < -0.4 is 0 Å². The normalized spacial score (nSPS) is 17.9. The molecule has 1 aromatic rings. The molecule has 0 unspecified atom stereocenters. The van der Waals surface area contributed by atoms with Crippen LogP contribution in [0.4, 0.5) is 0 Å². The highest BCUT2D eigenvalue weighted by atomic mass is 16.5. The van der Waals surface area contributed by atoms with E-state index in [2.05, 4.69) is 48.2 Å². The average molecular weight is 203 g/mol. The van der Waals surface area contributed by atoms with Gasteiger partial charge in [-0.3, -0.25) is 0 Å². The maximum absolute atomic E-state index is 5.36. The number of ether oxygens (including phenoxy) is 1. The molecule has 80 valence electrons. The summed E-state index contributed by atoms with van der Waals surface area (Å²) in [5.41, 5.74) is 2.61. The number of hydrogen-bond acceptors (Lipinski definition) is 2. The van der Waals surface area contributed by atoms with E-state index in [0.717, 1.165) is 26.3 Å². The molecular formula is C13H17NO. The summed E-state index contributed by atoms with van der Waals surface area (Å²) in [5, 5.41) is 0. The maximum atomic E-state index is 5.36. The van der Waals surface area contributed by atoms with Crippen molar-refractivity contribution in [1.82, 2.24) is 4.90 Å². The Morgan fingerprint density at radius 3 is 2.47 bits per heavy atom. The largest absolute Gasteiger partial charge is 0.378 e. The summed E-state index contributed by atoms with van der Waals surface area (Å²) in [5.74, 6) is 0. The fraction of sp³-hybridized carbons (Fsp3) is 0.385. The molecule has 0 bridgehead atoms. The minimum Gasteiger partial charge on any atom is -0.378 e. The van der Waals surface area contributed by atoms with Gasteiger partial charge in [0.1, 0.15) is 0 Å². The lowest BCUT2D eigenvalue weighted by Gasteiger charge is -2.31. The second kappa shape index (κ2) is 4.99. The molecule has 0 saturated carbocycles. The molecular weight excluding hydrogens is 186 g/mol. The van der Waals surface area contributed by atoms with E-state index in [9.17, 15) is 0 Å². The van der Waals surface area contributed by atoms with Gasteiger partial charge in [-0.15, -0.1) is 0 Å². The van der Waals surface area contributed by atoms with Gasteiger partial charge in [-0.25, -0.2) is 0 Å². The number of allylic oxidation sites excluding steroid dienone is 1. The molecule has 1 aromatic carbocycles. The molecule has 0 N–H and O–H groups in total. The zero-order valence-electron chi connectivity index (χ0n) is 9.15. The molecule has 1 aliphatic heterocycles. The molecule has 0 radical (unpaired) electrons. The number of rotatable bonds is 2. The maximum Gasteiger partial charge on any atom is 0.0642 e. The number of benzene rings is 1. The van der Waals surface area contributed by atoms with Crippen molar-refractivity contribution in [1.29, 1.82) is 0 Å². The van der Waals surface area contributed by atoms with E-state index in [1.54, 1.807) is 0 Å². The van der Waals surface area contributed by atoms with Crippen molar-refractivity contribution in [2.75, 3.05) is 26.3 Å². The van der Waals surface area contributed by atoms with E-state index < -0.39 is 0 Å². The van der Waals surface area contributed by atoms with Crippen molar-refractivity contribution in [3.63, 3.8) is 0 Å². The molecule has 2 rings (SSSR count). The quantitative estimate of drug-likeness (QED) is 0.731. The molecule has 0 amide bonds. The predicted molar refractivity (Wildman–Crippen MR) is 62.5 cm³/mol. The van der Waals surface area contributed by atoms with Crippen molar-refractivity contribution >= 4 is 5.70 Å². The molecule has 1 aliphatic rings. The molecule has 1 saturated heterocycles. The van der Waals surface area contributed by atoms with Crippen LogP contribution in [0.2, 0.25) is 0 Å². The molecule has 1 fully saturated rings. The molecule has 0 aliphatic carbocycles. The first-order valence-corrected chi connectivity index (χ1v) is 5.46. The summed E-state index contributed by atoms with van der Waals surface area (Å²) in [6.07, 6.45) is 2.18. The lowest BCUT2D eigenvalue weighted by atomic mass is 10.1. The Labute approximate surface area is 91.2 Å². The number of hydrogen-bond donors (Lipinski definition) is 0. The first kappa shape index (κ1) is 10.2. The zero-order valence-corrected chi connectivity index (χ0v) is 9.15. The Hall–Kier alpha value is -1.28. The van der Waals surface area contributed by atoms with Crippen LogP contribution in [0.25, 0.3) is 5.70 Å². The van der Waals surface area contributed by atoms with Crippen LogP contribution in [0.1, 0.15) is 12.5 Å². The Kier molecular flexibility index (Phi) is 3.41. The van der Waals surface area contributed by atoms with Gasteiger partial charge in [0.25, 0.3) is 0 Å². The van der Waals surface area contributed by atoms with Crippen LogP contribution in [0.15, 0.2) is 36.4 Å². The van der Waals surface area contributed by atoms with E-state index in [-0.39, 0.29) is 0 Å². The zero-order chi connectivity index (χ0) is 10.5. The smallest absolute Gasteiger partial charge is 0.0642 e. The van der Waals surface area contributed by atoms with E-state index in [4.69, 9.17) is 4.74 Å². The van der Waals surface area contributed by atoms with Crippen molar-refractivity contribution in [3.05, 3.63) is 42.0 Å². The highest BCUT2D eigenvalue weighted by molar-refractivity contribution is 5.63. The van der Waals surface area contributed by atoms with E-state index in [1.807, 2.05) is 0 Å². The van der Waals surface area contributed by atoms with E-state index in [1.165, 1.54) is 11.3 Å². The van der Waals surface area contributed by atoms with Gasteiger partial charge >= 0.3 is 0 Å². The van der Waals surface area contributed by atoms with E-state index >= 15 is 0 Å². The first-order valence-electron chi connectivity index (χ1n) is 5.46. The van der Waals surface area contributed by atoms with Crippen LogP contribution in [0.5, 0.6) is 0 Å². The average Bonchev–Trinajstić information content (AvgIpc) is 2.33. The van der Waals surface area contributed by atoms with Crippen molar-refractivity contribution in [3.8, 4) is 0 Å². The highest BCUT2D eigenvalue weighted by Crippen LogP contribution is 2.19. The van der Waals surface area contributed by atoms with Gasteiger partial charge in [0, 0.05) is 18.8 Å². The van der Waals surface area contributed by atoms with Crippen LogP contribution in [0.3, 0.4) is 0 Å². The van der Waals surface area contributed by atoms with E-state index in [0.29, 0.717) is 0 Å². The first-order chi connectivity index (χ1) is 7.42. The second-order valence-corrected chi connectivity index (χ2v) is 3.64. The summed E-state index contributed by atoms with van der Waals surface area (Å²) in [4.78, 5) is 2.39. The summed E-state index contributed by atoms with van der Waals surface area (Å²) in [6, 6.07) is 10.5. The van der Waals surface area contributed by atoms with Gasteiger partial charge in [0.15, 0.2) is 0 Å². The SMILES string of the molecule is C/C=C(\c1ccccc1)N1CCOCC1. The summed E-state index contributed by atoms with van der Waals surface area (Å²) in [6.45, 7) is 5.76. The molecule has 0 spiro atoms. The molecule has 2 nitrogen and oxygen atoms in total. The summed E-state index contributed by atoms with van der Waals surface area (Å²) in [7, 11) is 0. The Morgan fingerprint density at radius 1 is 1.20 bits per heavy atom. The van der Waals surface area contributed by atoms with Crippen molar-refractivity contribution in [2.45, 2.75) is 6.92 Å². The van der Waals surface area contributed by atoms with Crippen LogP contribution in [-0.2, 0) is 4.74 Å². The number of morpholine rings is 1. The van der Waals surface area contributed by atoms with Gasteiger partial charge in [-0.05, 0) is 12.5 Å². The Morgan fingerprint density at radius 2 is 1.87 bits per heavy atom. The third kappa shape index (κ3) is 2.39. The summed E-state index contributed by atoms with van der Waals surface area (Å²) < 4.78 is 5.36. The fourth-order valence-corrected chi connectivity index (χ4v) is 1.94. The van der Waals surface area contributed by atoms with Gasteiger partial charge in [-0.1, -0.05) is 36.4 Å². The van der Waals surface area contributed by atoms with Crippen molar-refractivity contribution < 1.29 is 4.74 Å². The second-order valence-electron chi connectivity index (χ2n) is 3.64. The van der Waals surface area contributed by atoms with Crippen molar-refractivity contribution in [2.24, 2.45) is 0 Å². The fourth-order valence-electron chi connectivity index (χ4n) is 1.94. The predicted octanol–water partition coefficient (Wildman–Crippen LogP) is 2.38. The Bertz CT molecular complexity index is 326. The third-order valence-corrected chi connectivity index (χ3v) is 2.69. The van der Waals surface area contributed by atoms with Crippen LogP contribution >= 0.6 is 0 Å². The molecule has 0 aromatic heterocycles. The van der Waals surface area contributed by atoms with Crippen LogP contribution in [-0.4, -0.2) is 31.2 Å². The number of nitrogens with zero attached hydrogens (tertiary/aromatic N) is 1. The molecule has 2 heteroatoms. The van der Waals surface area contributed by atoms with Gasteiger partial charge in [0.05, 0.1) is 13.2 Å². The lowest BCUT2D eigenvalue weighted by Crippen LogP contribution is -2.34. The summed E-state index contributed by atoms with van der Waals surface area (Å²) >= 11 is 0. The molecule has 1 heterocycles. The van der Waals surface area contributed by atoms with Gasteiger partial charge in [0.2, 0.25) is 0 Å². The standard InChI is InChI=1S/C13H17NO/c1-2-13(12-6-4-3-5-7-12)14-8-10-15-11-9-14/h2-7H,8-11H2,1H3/b13-2+. The molecule has 15 heavy (non-hydrogen) atoms.